The summed E-state index contributed by atoms with van der Waals surface area (Å²) >= 11 is 0. The fourth-order valence-electron chi connectivity index (χ4n) is 2.60. The van der Waals surface area contributed by atoms with Gasteiger partial charge in [0.1, 0.15) is 0 Å². The number of hydrogen-bond donors (Lipinski definition) is 1. The average molecular weight is 268 g/mol. The Morgan fingerprint density at radius 1 is 1.33 bits per heavy atom. The highest BCUT2D eigenvalue weighted by Crippen LogP contribution is 2.28. The van der Waals surface area contributed by atoms with E-state index in [1.165, 1.54) is 11.1 Å². The van der Waals surface area contributed by atoms with E-state index in [2.05, 4.69) is 24.3 Å². The van der Waals surface area contributed by atoms with Gasteiger partial charge in [-0.15, -0.1) is 0 Å². The van der Waals surface area contributed by atoms with Crippen LogP contribution >= 0.6 is 0 Å². The van der Waals surface area contributed by atoms with Gasteiger partial charge in [0, 0.05) is 6.61 Å². The Balaban J connectivity index is 2.04. The third-order valence-electron chi connectivity index (χ3n) is 3.79. The Bertz CT molecular complexity index is 490. The predicted molar refractivity (Wildman–Crippen MR) is 72.2 cm³/mol. The molecule has 0 amide bonds. The van der Waals surface area contributed by atoms with E-state index in [1.807, 2.05) is 6.92 Å². The minimum atomic E-state index is -2.86. The molecule has 1 aromatic rings. The fraction of sp³-hybridized carbons (Fsp3) is 0.571. The van der Waals surface area contributed by atoms with Gasteiger partial charge in [-0.3, -0.25) is 0 Å². The van der Waals surface area contributed by atoms with E-state index in [1.54, 1.807) is 0 Å². The van der Waals surface area contributed by atoms with Crippen LogP contribution in [0.15, 0.2) is 24.3 Å². The fourth-order valence-corrected chi connectivity index (χ4v) is 4.52. The maximum Gasteiger partial charge on any atom is 0.150 e. The number of rotatable bonds is 4. The molecular formula is C14H20O3S. The second-order valence-electron chi connectivity index (χ2n) is 5.30. The van der Waals surface area contributed by atoms with Crippen molar-refractivity contribution in [2.45, 2.75) is 19.8 Å². The molecule has 1 aliphatic heterocycles. The van der Waals surface area contributed by atoms with E-state index in [0.717, 1.165) is 6.42 Å². The van der Waals surface area contributed by atoms with Crippen LogP contribution in [-0.4, -0.2) is 31.6 Å². The van der Waals surface area contributed by atoms with Crippen LogP contribution < -0.4 is 0 Å². The van der Waals surface area contributed by atoms with Crippen molar-refractivity contribution in [3.05, 3.63) is 35.4 Å². The molecule has 0 bridgehead atoms. The van der Waals surface area contributed by atoms with Crippen LogP contribution in [0.25, 0.3) is 0 Å². The molecule has 0 radical (unpaired) electrons. The summed E-state index contributed by atoms with van der Waals surface area (Å²) in [5.74, 6) is 0.692. The average Bonchev–Trinajstić information content (AvgIpc) is 2.69. The van der Waals surface area contributed by atoms with Crippen LogP contribution in [-0.2, 0) is 16.3 Å². The quantitative estimate of drug-likeness (QED) is 0.902. The lowest BCUT2D eigenvalue weighted by Crippen LogP contribution is -2.22. The van der Waals surface area contributed by atoms with Crippen molar-refractivity contribution in [1.82, 2.24) is 0 Å². The molecule has 18 heavy (non-hydrogen) atoms. The van der Waals surface area contributed by atoms with Gasteiger partial charge in [0.2, 0.25) is 0 Å². The maximum absolute atomic E-state index is 11.5. The SMILES string of the molecule is Cc1ccc(CC(CO)C2CCS(=O)(=O)C2)cc1. The Hall–Kier alpha value is -0.870. The summed E-state index contributed by atoms with van der Waals surface area (Å²) in [6.45, 7) is 2.10. The van der Waals surface area contributed by atoms with Crippen molar-refractivity contribution < 1.29 is 13.5 Å². The van der Waals surface area contributed by atoms with E-state index < -0.39 is 9.84 Å². The largest absolute Gasteiger partial charge is 0.396 e. The predicted octanol–water partition coefficient (Wildman–Crippen LogP) is 1.58. The molecule has 0 saturated carbocycles. The first-order valence-electron chi connectivity index (χ1n) is 6.37. The van der Waals surface area contributed by atoms with Crippen LogP contribution in [0.5, 0.6) is 0 Å². The van der Waals surface area contributed by atoms with Gasteiger partial charge in [-0.25, -0.2) is 8.42 Å². The van der Waals surface area contributed by atoms with Gasteiger partial charge in [0.05, 0.1) is 11.5 Å². The van der Waals surface area contributed by atoms with E-state index >= 15 is 0 Å². The number of benzene rings is 1. The molecule has 1 fully saturated rings. The lowest BCUT2D eigenvalue weighted by atomic mass is 9.87. The van der Waals surface area contributed by atoms with Crippen molar-refractivity contribution >= 4 is 9.84 Å². The van der Waals surface area contributed by atoms with Gasteiger partial charge in [-0.05, 0) is 37.2 Å². The van der Waals surface area contributed by atoms with Gasteiger partial charge >= 0.3 is 0 Å². The first-order valence-corrected chi connectivity index (χ1v) is 8.19. The molecule has 2 unspecified atom stereocenters. The highest BCUT2D eigenvalue weighted by Gasteiger charge is 2.33. The molecule has 1 aromatic carbocycles. The number of aliphatic hydroxyl groups excluding tert-OH is 1. The topological polar surface area (TPSA) is 54.4 Å². The van der Waals surface area contributed by atoms with Crippen LogP contribution in [0.1, 0.15) is 17.5 Å². The zero-order chi connectivity index (χ0) is 13.2. The van der Waals surface area contributed by atoms with Gasteiger partial charge < -0.3 is 5.11 Å². The van der Waals surface area contributed by atoms with Crippen molar-refractivity contribution in [3.8, 4) is 0 Å². The molecule has 2 rings (SSSR count). The molecule has 0 aliphatic carbocycles. The lowest BCUT2D eigenvalue weighted by molar-refractivity contribution is 0.184. The summed E-state index contributed by atoms with van der Waals surface area (Å²) in [4.78, 5) is 0. The first-order chi connectivity index (χ1) is 8.50. The van der Waals surface area contributed by atoms with Gasteiger partial charge in [0.25, 0.3) is 0 Å². The standard InChI is InChI=1S/C14H20O3S/c1-11-2-4-12(5-3-11)8-14(9-15)13-6-7-18(16,17)10-13/h2-5,13-15H,6-10H2,1H3. The normalized spacial score (nSPS) is 24.0. The molecule has 1 saturated heterocycles. The van der Waals surface area contributed by atoms with Crippen LogP contribution in [0, 0.1) is 18.8 Å². The molecule has 1 heterocycles. The Morgan fingerprint density at radius 3 is 2.50 bits per heavy atom. The van der Waals surface area contributed by atoms with Gasteiger partial charge in [-0.2, -0.15) is 0 Å². The molecule has 1 aliphatic rings. The Kier molecular flexibility index (Phi) is 4.07. The van der Waals surface area contributed by atoms with Crippen molar-refractivity contribution in [1.29, 1.82) is 0 Å². The maximum atomic E-state index is 11.5. The summed E-state index contributed by atoms with van der Waals surface area (Å²) in [5, 5.41) is 9.48. The summed E-state index contributed by atoms with van der Waals surface area (Å²) < 4.78 is 23.0. The third kappa shape index (κ3) is 3.33. The van der Waals surface area contributed by atoms with Crippen LogP contribution in [0.3, 0.4) is 0 Å². The zero-order valence-corrected chi connectivity index (χ0v) is 11.5. The van der Waals surface area contributed by atoms with Crippen LogP contribution in [0.4, 0.5) is 0 Å². The van der Waals surface area contributed by atoms with Gasteiger partial charge in [0.15, 0.2) is 9.84 Å². The first kappa shape index (κ1) is 13.6. The highest BCUT2D eigenvalue weighted by molar-refractivity contribution is 7.91. The van der Waals surface area contributed by atoms with E-state index in [9.17, 15) is 13.5 Å². The number of sulfone groups is 1. The molecule has 1 N–H and O–H groups in total. The van der Waals surface area contributed by atoms with Crippen molar-refractivity contribution in [2.24, 2.45) is 11.8 Å². The number of hydrogen-bond acceptors (Lipinski definition) is 3. The number of aryl methyl sites for hydroxylation is 1. The smallest absolute Gasteiger partial charge is 0.150 e. The monoisotopic (exact) mass is 268 g/mol. The van der Waals surface area contributed by atoms with Gasteiger partial charge in [-0.1, -0.05) is 29.8 Å². The van der Waals surface area contributed by atoms with E-state index in [0.29, 0.717) is 6.42 Å². The molecule has 4 heteroatoms. The molecule has 3 nitrogen and oxygen atoms in total. The minimum Gasteiger partial charge on any atom is -0.396 e. The zero-order valence-electron chi connectivity index (χ0n) is 10.7. The Morgan fingerprint density at radius 2 is 2.00 bits per heavy atom. The number of aliphatic hydroxyl groups is 1. The summed E-state index contributed by atoms with van der Waals surface area (Å²) in [5.41, 5.74) is 2.38. The molecule has 0 aromatic heterocycles. The summed E-state index contributed by atoms with van der Waals surface area (Å²) in [6, 6.07) is 8.22. The van der Waals surface area contributed by atoms with E-state index in [-0.39, 0.29) is 29.9 Å². The van der Waals surface area contributed by atoms with Crippen LogP contribution in [0.2, 0.25) is 0 Å². The molecule has 100 valence electrons. The molecular weight excluding hydrogens is 248 g/mol. The summed E-state index contributed by atoms with van der Waals surface area (Å²) in [6.07, 6.45) is 1.45. The minimum absolute atomic E-state index is 0.0602. The second kappa shape index (κ2) is 5.41. The molecule has 2 atom stereocenters. The Labute approximate surface area is 109 Å². The summed E-state index contributed by atoms with van der Waals surface area (Å²) in [7, 11) is -2.86. The third-order valence-corrected chi connectivity index (χ3v) is 5.58. The lowest BCUT2D eigenvalue weighted by Gasteiger charge is -2.20. The molecule has 0 spiro atoms. The second-order valence-corrected chi connectivity index (χ2v) is 7.52. The van der Waals surface area contributed by atoms with Crippen molar-refractivity contribution in [3.63, 3.8) is 0 Å². The van der Waals surface area contributed by atoms with Crippen molar-refractivity contribution in [2.75, 3.05) is 18.1 Å². The van der Waals surface area contributed by atoms with E-state index in [4.69, 9.17) is 0 Å². The highest BCUT2D eigenvalue weighted by atomic mass is 32.2.